The topological polar surface area (TPSA) is 90.7 Å². The van der Waals surface area contributed by atoms with Crippen LogP contribution in [0.2, 0.25) is 0 Å². The second kappa shape index (κ2) is 6.86. The van der Waals surface area contributed by atoms with Gasteiger partial charge in [0.15, 0.2) is 5.76 Å². The Morgan fingerprint density at radius 1 is 1.21 bits per heavy atom. The first kappa shape index (κ1) is 17.6. The lowest BCUT2D eigenvalue weighted by Gasteiger charge is -2.31. The number of piperazine rings is 1. The lowest BCUT2D eigenvalue weighted by molar-refractivity contribution is 0.0635. The number of hydrogen-bond donors (Lipinski definition) is 2. The zero-order chi connectivity index (χ0) is 19.3. The molecule has 8 nitrogen and oxygen atoms in total. The first-order valence-electron chi connectivity index (χ1n) is 10.0. The summed E-state index contributed by atoms with van der Waals surface area (Å²) in [6, 6.07) is 4.40. The summed E-state index contributed by atoms with van der Waals surface area (Å²) in [5.41, 5.74) is 0.840. The van der Waals surface area contributed by atoms with Gasteiger partial charge in [0.2, 0.25) is 0 Å². The van der Waals surface area contributed by atoms with Crippen molar-refractivity contribution in [3.8, 4) is 0 Å². The molecule has 0 aliphatic carbocycles. The fraction of sp³-hybridized carbons (Fsp3) is 0.550. The second-order valence-electron chi connectivity index (χ2n) is 8.18. The third kappa shape index (κ3) is 3.16. The van der Waals surface area contributed by atoms with Gasteiger partial charge in [0.25, 0.3) is 11.8 Å². The molecule has 28 heavy (non-hydrogen) atoms. The first-order valence-corrected chi connectivity index (χ1v) is 10.0. The third-order valence-electron chi connectivity index (χ3n) is 6.25. The molecule has 2 amide bonds. The van der Waals surface area contributed by atoms with Crippen LogP contribution in [0.25, 0.3) is 11.0 Å². The number of hydrogen-bond acceptors (Lipinski definition) is 6. The molecule has 0 unspecified atom stereocenters. The van der Waals surface area contributed by atoms with E-state index in [1.807, 2.05) is 7.05 Å². The Hall–Kier alpha value is -2.45. The van der Waals surface area contributed by atoms with E-state index in [4.69, 9.17) is 4.42 Å². The molecule has 0 aromatic carbocycles. The van der Waals surface area contributed by atoms with Gasteiger partial charge in [-0.1, -0.05) is 0 Å². The van der Waals surface area contributed by atoms with E-state index in [1.165, 1.54) is 6.42 Å². The Balaban J connectivity index is 1.31. The highest BCUT2D eigenvalue weighted by Gasteiger charge is 2.39. The van der Waals surface area contributed by atoms with Crippen LogP contribution in [0.4, 0.5) is 0 Å². The van der Waals surface area contributed by atoms with Gasteiger partial charge in [0.05, 0.1) is 0 Å². The van der Waals surface area contributed by atoms with Crippen LogP contribution >= 0.6 is 0 Å². The smallest absolute Gasteiger partial charge is 0.289 e. The molecule has 0 spiro atoms. The van der Waals surface area contributed by atoms with Gasteiger partial charge in [-0.15, -0.1) is 0 Å². The van der Waals surface area contributed by atoms with Gasteiger partial charge < -0.3 is 24.9 Å². The van der Waals surface area contributed by atoms with Crippen molar-refractivity contribution in [2.75, 3.05) is 33.2 Å². The number of pyridine rings is 1. The molecule has 2 aromatic heterocycles. The maximum atomic E-state index is 12.7. The van der Waals surface area contributed by atoms with Gasteiger partial charge in [0.1, 0.15) is 11.3 Å². The molecule has 2 bridgehead atoms. The number of rotatable bonds is 3. The van der Waals surface area contributed by atoms with Crippen molar-refractivity contribution in [3.63, 3.8) is 0 Å². The minimum atomic E-state index is -0.190. The molecule has 5 rings (SSSR count). The zero-order valence-corrected chi connectivity index (χ0v) is 16.0. The summed E-state index contributed by atoms with van der Waals surface area (Å²) in [5, 5.41) is 7.34. The molecule has 2 aromatic rings. The van der Waals surface area contributed by atoms with E-state index in [1.54, 1.807) is 23.2 Å². The van der Waals surface area contributed by atoms with Crippen LogP contribution in [0.5, 0.6) is 0 Å². The number of amides is 2. The van der Waals surface area contributed by atoms with Gasteiger partial charge in [0, 0.05) is 62.0 Å². The largest absolute Gasteiger partial charge is 0.451 e. The van der Waals surface area contributed by atoms with E-state index in [-0.39, 0.29) is 17.9 Å². The maximum absolute atomic E-state index is 12.7. The molecule has 2 N–H and O–H groups in total. The van der Waals surface area contributed by atoms with E-state index in [9.17, 15) is 9.59 Å². The van der Waals surface area contributed by atoms with E-state index >= 15 is 0 Å². The molecule has 3 fully saturated rings. The Kier molecular flexibility index (Phi) is 4.32. The molecule has 0 saturated carbocycles. The van der Waals surface area contributed by atoms with Crippen molar-refractivity contribution >= 4 is 22.8 Å². The zero-order valence-electron chi connectivity index (χ0n) is 16.0. The molecule has 8 heteroatoms. The first-order chi connectivity index (χ1) is 13.6. The average molecular weight is 383 g/mol. The quantitative estimate of drug-likeness (QED) is 0.816. The van der Waals surface area contributed by atoms with Crippen LogP contribution in [-0.4, -0.2) is 78.0 Å². The fourth-order valence-corrected chi connectivity index (χ4v) is 4.55. The highest BCUT2D eigenvalue weighted by Crippen LogP contribution is 2.28. The van der Waals surface area contributed by atoms with Crippen LogP contribution in [0, 0.1) is 0 Å². The molecule has 148 valence electrons. The summed E-state index contributed by atoms with van der Waals surface area (Å²) in [6.45, 7) is 3.09. The number of fused-ring (bicyclic) bond motifs is 3. The number of nitrogens with zero attached hydrogens (tertiary/aromatic N) is 3. The second-order valence-corrected chi connectivity index (χ2v) is 8.18. The number of aromatic nitrogens is 1. The number of carbonyl (C=O) groups is 2. The predicted molar refractivity (Wildman–Crippen MR) is 103 cm³/mol. The summed E-state index contributed by atoms with van der Waals surface area (Å²) >= 11 is 0. The van der Waals surface area contributed by atoms with E-state index in [0.29, 0.717) is 42.2 Å². The van der Waals surface area contributed by atoms with Crippen molar-refractivity contribution < 1.29 is 14.0 Å². The van der Waals surface area contributed by atoms with Crippen LogP contribution in [0.1, 0.15) is 40.3 Å². The molecular weight excluding hydrogens is 358 g/mol. The van der Waals surface area contributed by atoms with Crippen molar-refractivity contribution in [2.45, 2.75) is 37.4 Å². The summed E-state index contributed by atoms with van der Waals surface area (Å²) in [7, 11) is 2.05. The van der Waals surface area contributed by atoms with Crippen LogP contribution in [0.3, 0.4) is 0 Å². The van der Waals surface area contributed by atoms with Crippen molar-refractivity contribution in [1.82, 2.24) is 25.4 Å². The Labute approximate surface area is 163 Å². The van der Waals surface area contributed by atoms with Gasteiger partial charge in [-0.05, 0) is 32.4 Å². The molecule has 3 aliphatic heterocycles. The van der Waals surface area contributed by atoms with Gasteiger partial charge in [-0.25, -0.2) is 0 Å². The number of likely N-dealkylation sites (N-methyl/N-ethyl adjacent to an activating group) is 1. The third-order valence-corrected chi connectivity index (χ3v) is 6.25. The van der Waals surface area contributed by atoms with Crippen LogP contribution in [-0.2, 0) is 0 Å². The Morgan fingerprint density at radius 2 is 2.04 bits per heavy atom. The Morgan fingerprint density at radius 3 is 2.75 bits per heavy atom. The standard InChI is InChI=1S/C20H25N5O3/c1-24-4-6-25(7-5-24)20(27)18-8-12-11-21-16(10-17(12)28-18)19(26)23-15-9-13-2-3-14(15)22-13/h8,10-11,13-15,22H,2-7,9H2,1H3,(H,23,26)/t13-,14+,15-/m1/s1. The monoisotopic (exact) mass is 383 g/mol. The van der Waals surface area contributed by atoms with Crippen LogP contribution in [0.15, 0.2) is 22.7 Å². The van der Waals surface area contributed by atoms with E-state index in [2.05, 4.69) is 20.5 Å². The van der Waals surface area contributed by atoms with Gasteiger partial charge in [-0.3, -0.25) is 14.6 Å². The fourth-order valence-electron chi connectivity index (χ4n) is 4.55. The molecule has 5 heterocycles. The summed E-state index contributed by atoms with van der Waals surface area (Å²) in [5.74, 6) is 0.00386. The molecule has 3 atom stereocenters. The molecular formula is C20H25N5O3. The minimum absolute atomic E-state index is 0.108. The average Bonchev–Trinajstić information content (AvgIpc) is 3.42. The van der Waals surface area contributed by atoms with Crippen LogP contribution < -0.4 is 10.6 Å². The summed E-state index contributed by atoms with van der Waals surface area (Å²) in [6.07, 6.45) is 4.88. The lowest BCUT2D eigenvalue weighted by atomic mass is 9.95. The number of carbonyl (C=O) groups excluding carboxylic acids is 2. The normalized spacial score (nSPS) is 27.5. The Bertz CT molecular complexity index is 918. The highest BCUT2D eigenvalue weighted by molar-refractivity contribution is 5.98. The SMILES string of the molecule is CN1CCN(C(=O)c2cc3cnc(C(=O)N[C@@H]4C[C@H]5CC[C@@H]4N5)cc3o2)CC1. The molecule has 3 aliphatic rings. The van der Waals surface area contributed by atoms with E-state index < -0.39 is 0 Å². The lowest BCUT2D eigenvalue weighted by Crippen LogP contribution is -2.47. The van der Waals surface area contributed by atoms with Gasteiger partial charge >= 0.3 is 0 Å². The molecule has 0 radical (unpaired) electrons. The summed E-state index contributed by atoms with van der Waals surface area (Å²) < 4.78 is 5.78. The van der Waals surface area contributed by atoms with Crippen molar-refractivity contribution in [1.29, 1.82) is 0 Å². The van der Waals surface area contributed by atoms with Crippen molar-refractivity contribution in [2.24, 2.45) is 0 Å². The number of furan rings is 1. The highest BCUT2D eigenvalue weighted by atomic mass is 16.3. The maximum Gasteiger partial charge on any atom is 0.289 e. The van der Waals surface area contributed by atoms with Gasteiger partial charge in [-0.2, -0.15) is 0 Å². The van der Waals surface area contributed by atoms with Crippen molar-refractivity contribution in [3.05, 3.63) is 29.8 Å². The predicted octanol–water partition coefficient (Wildman–Crippen LogP) is 0.838. The van der Waals surface area contributed by atoms with E-state index in [0.717, 1.165) is 31.3 Å². The minimum Gasteiger partial charge on any atom is -0.451 e. The molecule has 3 saturated heterocycles. The summed E-state index contributed by atoms with van der Waals surface area (Å²) in [4.78, 5) is 33.6. The number of nitrogens with one attached hydrogen (secondary N) is 2.